The second-order valence-electron chi connectivity index (χ2n) is 10.2. The third-order valence-electron chi connectivity index (χ3n) is 7.97. The summed E-state index contributed by atoms with van der Waals surface area (Å²) in [4.78, 5) is 2.91. The van der Waals surface area contributed by atoms with Crippen LogP contribution in [-0.2, 0) is 10.0 Å². The Morgan fingerprint density at radius 1 is 0.806 bits per heavy atom. The summed E-state index contributed by atoms with van der Waals surface area (Å²) < 4.78 is 43.2. The van der Waals surface area contributed by atoms with Gasteiger partial charge in [-0.15, -0.1) is 0 Å². The summed E-state index contributed by atoms with van der Waals surface area (Å²) >= 11 is 0. The highest BCUT2D eigenvalue weighted by Gasteiger charge is 2.38. The van der Waals surface area contributed by atoms with Gasteiger partial charge in [0.05, 0.1) is 10.6 Å². The summed E-state index contributed by atoms with van der Waals surface area (Å²) in [6.07, 6.45) is 6.41. The van der Waals surface area contributed by atoms with Crippen molar-refractivity contribution >= 4 is 15.7 Å². The van der Waals surface area contributed by atoms with Gasteiger partial charge in [0.1, 0.15) is 5.82 Å². The second kappa shape index (κ2) is 10.7. The number of hydrogen-bond donors (Lipinski definition) is 0. The van der Waals surface area contributed by atoms with Crippen molar-refractivity contribution in [2.45, 2.75) is 68.3 Å². The Morgan fingerprint density at radius 2 is 1.44 bits per heavy atom. The Labute approximate surface area is 214 Å². The first-order valence-electron chi connectivity index (χ1n) is 13.1. The third-order valence-corrected chi connectivity index (χ3v) is 10.0. The van der Waals surface area contributed by atoms with Crippen LogP contribution in [0.5, 0.6) is 0 Å². The van der Waals surface area contributed by atoms with E-state index in [0.29, 0.717) is 22.5 Å². The smallest absolute Gasteiger partial charge is 0.264 e. The van der Waals surface area contributed by atoms with E-state index < -0.39 is 10.0 Å². The molecule has 1 aliphatic heterocycles. The first-order valence-corrected chi connectivity index (χ1v) is 14.5. The van der Waals surface area contributed by atoms with Crippen LogP contribution in [0.4, 0.5) is 10.1 Å². The molecule has 4 nitrogen and oxygen atoms in total. The number of benzene rings is 3. The van der Waals surface area contributed by atoms with Crippen LogP contribution in [-0.4, -0.2) is 38.5 Å². The van der Waals surface area contributed by atoms with Crippen LogP contribution in [0.15, 0.2) is 83.8 Å². The molecule has 1 saturated carbocycles. The molecule has 0 unspecified atom stereocenters. The molecule has 2 fully saturated rings. The van der Waals surface area contributed by atoms with Crippen LogP contribution in [0.25, 0.3) is 0 Å². The fourth-order valence-electron chi connectivity index (χ4n) is 6.18. The molecule has 190 valence electrons. The second-order valence-corrected chi connectivity index (χ2v) is 12.0. The Morgan fingerprint density at radius 3 is 2.14 bits per heavy atom. The van der Waals surface area contributed by atoms with Gasteiger partial charge in [-0.1, -0.05) is 61.4 Å². The zero-order valence-electron chi connectivity index (χ0n) is 20.9. The van der Waals surface area contributed by atoms with E-state index >= 15 is 0 Å². The van der Waals surface area contributed by atoms with Gasteiger partial charge in [-0.25, -0.2) is 12.8 Å². The fourth-order valence-corrected chi connectivity index (χ4v) is 8.11. The van der Waals surface area contributed by atoms with Gasteiger partial charge in [0.2, 0.25) is 0 Å². The van der Waals surface area contributed by atoms with E-state index in [-0.39, 0.29) is 11.9 Å². The van der Waals surface area contributed by atoms with Crippen molar-refractivity contribution < 1.29 is 12.8 Å². The van der Waals surface area contributed by atoms with E-state index in [9.17, 15) is 12.8 Å². The molecule has 3 aromatic rings. The Balaban J connectivity index is 1.40. The number of hydrogen-bond acceptors (Lipinski definition) is 3. The van der Waals surface area contributed by atoms with E-state index in [1.165, 1.54) is 43.4 Å². The number of rotatable bonds is 6. The van der Waals surface area contributed by atoms with Crippen molar-refractivity contribution in [1.82, 2.24) is 4.90 Å². The molecule has 1 heterocycles. The summed E-state index contributed by atoms with van der Waals surface area (Å²) in [6, 6.07) is 24.1. The minimum Gasteiger partial charge on any atom is -0.300 e. The molecule has 1 saturated heterocycles. The minimum atomic E-state index is -3.80. The molecular formula is C30H35FN2O2S. The molecule has 0 bridgehead atoms. The predicted molar refractivity (Wildman–Crippen MR) is 143 cm³/mol. The van der Waals surface area contributed by atoms with Gasteiger partial charge in [0.25, 0.3) is 10.0 Å². The van der Waals surface area contributed by atoms with Crippen LogP contribution in [0, 0.1) is 12.7 Å². The number of aryl methyl sites for hydroxylation is 1. The largest absolute Gasteiger partial charge is 0.300 e. The van der Waals surface area contributed by atoms with Gasteiger partial charge in [-0.3, -0.25) is 9.21 Å². The normalized spacial score (nSPS) is 21.8. The summed E-state index contributed by atoms with van der Waals surface area (Å²) in [7, 11) is -3.80. The van der Waals surface area contributed by atoms with Gasteiger partial charge in [-0.05, 0) is 80.0 Å². The van der Waals surface area contributed by atoms with Crippen molar-refractivity contribution in [3.63, 3.8) is 0 Å². The lowest BCUT2D eigenvalue weighted by Crippen LogP contribution is -2.51. The molecule has 0 N–H and O–H groups in total. The van der Waals surface area contributed by atoms with E-state index in [1.807, 2.05) is 19.1 Å². The van der Waals surface area contributed by atoms with Crippen LogP contribution < -0.4 is 4.31 Å². The molecule has 1 aliphatic carbocycles. The van der Waals surface area contributed by atoms with Crippen LogP contribution in [0.1, 0.15) is 55.6 Å². The van der Waals surface area contributed by atoms with Crippen molar-refractivity contribution in [2.75, 3.05) is 17.4 Å². The summed E-state index contributed by atoms with van der Waals surface area (Å²) in [5.74, 6) is 0.159. The van der Waals surface area contributed by atoms with Crippen molar-refractivity contribution in [2.24, 2.45) is 0 Å². The monoisotopic (exact) mass is 506 g/mol. The zero-order valence-corrected chi connectivity index (χ0v) is 21.7. The molecule has 3 aromatic carbocycles. The summed E-state index contributed by atoms with van der Waals surface area (Å²) in [5.41, 5.74) is 2.66. The molecule has 2 atom stereocenters. The van der Waals surface area contributed by atoms with Crippen molar-refractivity contribution in [3.8, 4) is 0 Å². The average molecular weight is 507 g/mol. The van der Waals surface area contributed by atoms with Crippen LogP contribution in [0.2, 0.25) is 0 Å². The fraction of sp³-hybridized carbons (Fsp3) is 0.400. The third kappa shape index (κ3) is 5.07. The molecule has 0 amide bonds. The van der Waals surface area contributed by atoms with Crippen molar-refractivity contribution in [3.05, 3.63) is 95.8 Å². The Hall–Kier alpha value is -2.70. The molecule has 36 heavy (non-hydrogen) atoms. The minimum absolute atomic E-state index is 0.171. The molecule has 6 heteroatoms. The van der Waals surface area contributed by atoms with E-state index in [0.717, 1.165) is 31.5 Å². The molecule has 2 aliphatic rings. The van der Waals surface area contributed by atoms with Crippen LogP contribution in [0.3, 0.4) is 0 Å². The summed E-state index contributed by atoms with van der Waals surface area (Å²) in [5, 5.41) is 0. The predicted octanol–water partition coefficient (Wildman–Crippen LogP) is 6.52. The number of nitrogens with zero attached hydrogens (tertiary/aromatic N) is 2. The number of sulfonamides is 1. The lowest BCUT2D eigenvalue weighted by atomic mass is 9.78. The number of anilines is 1. The maximum Gasteiger partial charge on any atom is 0.264 e. The quantitative estimate of drug-likeness (QED) is 0.382. The van der Waals surface area contributed by atoms with Gasteiger partial charge >= 0.3 is 0 Å². The zero-order chi connectivity index (χ0) is 25.1. The lowest BCUT2D eigenvalue weighted by molar-refractivity contribution is 0.107. The average Bonchev–Trinajstić information content (AvgIpc) is 2.91. The maximum atomic E-state index is 14.0. The highest BCUT2D eigenvalue weighted by atomic mass is 32.2. The first-order chi connectivity index (χ1) is 17.4. The van der Waals surface area contributed by atoms with E-state index in [1.54, 1.807) is 28.6 Å². The SMILES string of the molecule is Cc1ccccc1S(=O)(=O)N(c1ccc(F)cc1)C1CCN([C@@H]2CCCC[C@@H]2c2ccccc2)CC1. The van der Waals surface area contributed by atoms with Crippen molar-refractivity contribution in [1.29, 1.82) is 0 Å². The number of likely N-dealkylation sites (tertiary alicyclic amines) is 1. The number of piperidine rings is 1. The molecule has 5 rings (SSSR count). The first kappa shape index (κ1) is 25.0. The van der Waals surface area contributed by atoms with Gasteiger partial charge in [-0.2, -0.15) is 0 Å². The summed E-state index contributed by atoms with van der Waals surface area (Å²) in [6.45, 7) is 3.55. The van der Waals surface area contributed by atoms with Gasteiger partial charge < -0.3 is 0 Å². The van der Waals surface area contributed by atoms with E-state index in [4.69, 9.17) is 0 Å². The maximum absolute atomic E-state index is 14.0. The molecule has 0 radical (unpaired) electrons. The standard InChI is InChI=1S/C30H35FN2O2S/c1-23-9-5-8-14-30(23)36(34,35)33(26-17-15-25(31)16-18-26)27-19-21-32(22-20-27)29-13-7-6-12-28(29)24-10-3-2-4-11-24/h2-5,8-11,14-18,27-29H,6-7,12-13,19-22H2,1H3/t28-,29-/m1/s1. The topological polar surface area (TPSA) is 40.6 Å². The highest BCUT2D eigenvalue weighted by molar-refractivity contribution is 7.93. The Kier molecular flexibility index (Phi) is 7.44. The lowest BCUT2D eigenvalue weighted by Gasteiger charge is -2.45. The van der Waals surface area contributed by atoms with E-state index in [2.05, 4.69) is 35.2 Å². The highest BCUT2D eigenvalue weighted by Crippen LogP contribution is 2.39. The van der Waals surface area contributed by atoms with Gasteiger partial charge in [0, 0.05) is 25.2 Å². The molecule has 0 spiro atoms. The van der Waals surface area contributed by atoms with Crippen LogP contribution >= 0.6 is 0 Å². The Bertz CT molecular complexity index is 1260. The molecular weight excluding hydrogens is 471 g/mol. The number of halogens is 1. The molecule has 0 aromatic heterocycles. The van der Waals surface area contributed by atoms with Gasteiger partial charge in [0.15, 0.2) is 0 Å².